The number of rotatable bonds is 7. The molecule has 7 heteroatoms. The van der Waals surface area contributed by atoms with Gasteiger partial charge in [0, 0.05) is 56.0 Å². The Balaban J connectivity index is 1.71. The summed E-state index contributed by atoms with van der Waals surface area (Å²) in [6.45, 7) is 4.76. The molecule has 26 heavy (non-hydrogen) atoms. The molecule has 1 fully saturated rings. The highest BCUT2D eigenvalue weighted by Crippen LogP contribution is 2.30. The van der Waals surface area contributed by atoms with Crippen LogP contribution >= 0.6 is 11.6 Å². The quantitative estimate of drug-likeness (QED) is 0.687. The van der Waals surface area contributed by atoms with Gasteiger partial charge in [-0.25, -0.2) is 4.98 Å². The van der Waals surface area contributed by atoms with Crippen molar-refractivity contribution < 1.29 is 9.84 Å². The summed E-state index contributed by atoms with van der Waals surface area (Å²) in [5, 5.41) is 16.6. The highest BCUT2D eigenvalue weighted by atomic mass is 35.5. The minimum atomic E-state index is -0.449. The van der Waals surface area contributed by atoms with E-state index in [1.807, 2.05) is 18.3 Å². The third kappa shape index (κ3) is 5.30. The fourth-order valence-electron chi connectivity index (χ4n) is 2.91. The minimum Gasteiger partial charge on any atom is -0.392 e. The molecule has 1 saturated heterocycles. The topological polar surface area (TPSA) is 79.3 Å². The Labute approximate surface area is 159 Å². The first kappa shape index (κ1) is 18.9. The van der Waals surface area contributed by atoms with Gasteiger partial charge in [-0.15, -0.1) is 0 Å². The Bertz CT molecular complexity index is 720. The fourth-order valence-corrected chi connectivity index (χ4v) is 3.12. The van der Waals surface area contributed by atoms with E-state index in [1.165, 1.54) is 0 Å². The first-order valence-corrected chi connectivity index (χ1v) is 9.34. The van der Waals surface area contributed by atoms with Crippen molar-refractivity contribution in [3.05, 3.63) is 35.7 Å². The van der Waals surface area contributed by atoms with Crippen LogP contribution in [0.4, 0.5) is 11.5 Å². The van der Waals surface area contributed by atoms with Crippen LogP contribution in [0.25, 0.3) is 11.1 Å². The molecule has 2 aromatic rings. The van der Waals surface area contributed by atoms with Gasteiger partial charge in [0.05, 0.1) is 16.8 Å². The van der Waals surface area contributed by atoms with Crippen molar-refractivity contribution in [2.75, 3.05) is 36.9 Å². The third-order valence-corrected chi connectivity index (χ3v) is 4.72. The molecule has 2 aromatic heterocycles. The summed E-state index contributed by atoms with van der Waals surface area (Å²) >= 11 is 6.34. The molecule has 6 nitrogen and oxygen atoms in total. The summed E-state index contributed by atoms with van der Waals surface area (Å²) in [4.78, 5) is 8.60. The van der Waals surface area contributed by atoms with Crippen molar-refractivity contribution in [2.45, 2.75) is 25.9 Å². The molecule has 0 saturated carbocycles. The number of nitrogens with zero attached hydrogens (tertiary/aromatic N) is 2. The lowest BCUT2D eigenvalue weighted by Gasteiger charge is -2.22. The van der Waals surface area contributed by atoms with Gasteiger partial charge >= 0.3 is 0 Å². The molecule has 0 radical (unpaired) electrons. The van der Waals surface area contributed by atoms with E-state index in [4.69, 9.17) is 16.3 Å². The summed E-state index contributed by atoms with van der Waals surface area (Å²) in [7, 11) is 0. The van der Waals surface area contributed by atoms with Crippen LogP contribution < -0.4 is 10.6 Å². The van der Waals surface area contributed by atoms with Gasteiger partial charge in [0.15, 0.2) is 0 Å². The van der Waals surface area contributed by atoms with E-state index >= 15 is 0 Å². The zero-order valence-electron chi connectivity index (χ0n) is 14.9. The largest absolute Gasteiger partial charge is 0.392 e. The Morgan fingerprint density at radius 3 is 2.81 bits per heavy atom. The molecule has 0 unspecified atom stereocenters. The average molecular weight is 377 g/mol. The second-order valence-corrected chi connectivity index (χ2v) is 7.09. The van der Waals surface area contributed by atoms with Crippen LogP contribution in [0.1, 0.15) is 19.8 Å². The van der Waals surface area contributed by atoms with Gasteiger partial charge in [-0.3, -0.25) is 4.98 Å². The first-order chi connectivity index (χ1) is 12.6. The molecular formula is C19H25ClN4O2. The van der Waals surface area contributed by atoms with Gasteiger partial charge in [-0.05, 0) is 37.8 Å². The molecule has 0 aliphatic carbocycles. The van der Waals surface area contributed by atoms with Gasteiger partial charge < -0.3 is 20.5 Å². The van der Waals surface area contributed by atoms with E-state index in [0.29, 0.717) is 23.3 Å². The van der Waals surface area contributed by atoms with Gasteiger partial charge in [-0.2, -0.15) is 0 Å². The highest BCUT2D eigenvalue weighted by molar-refractivity contribution is 6.33. The number of aromatic nitrogens is 2. The maximum absolute atomic E-state index is 9.42. The van der Waals surface area contributed by atoms with Crippen molar-refractivity contribution in [1.29, 1.82) is 0 Å². The second-order valence-electron chi connectivity index (χ2n) is 6.68. The third-order valence-electron chi connectivity index (χ3n) is 4.42. The molecule has 0 aromatic carbocycles. The standard InChI is InChI=1S/C19H25ClN4O2/c1-13(25)8-23-19-7-17(18(20)12-24-19)15-6-16(11-21-10-15)22-9-14-2-4-26-5-3-14/h6-7,10-14,22,25H,2-5,8-9H2,1H3,(H,23,24)/t13-/m1/s1. The number of halogens is 1. The number of anilines is 2. The zero-order chi connectivity index (χ0) is 18.4. The number of hydrogen-bond acceptors (Lipinski definition) is 6. The van der Waals surface area contributed by atoms with E-state index in [-0.39, 0.29) is 0 Å². The molecule has 140 valence electrons. The van der Waals surface area contributed by atoms with Crippen molar-refractivity contribution in [1.82, 2.24) is 9.97 Å². The number of hydrogen-bond donors (Lipinski definition) is 3. The number of aliphatic hydroxyl groups is 1. The summed E-state index contributed by atoms with van der Waals surface area (Å²) in [6.07, 6.45) is 6.96. The second kappa shape index (κ2) is 9.16. The molecule has 0 bridgehead atoms. The number of nitrogens with one attached hydrogen (secondary N) is 2. The summed E-state index contributed by atoms with van der Waals surface area (Å²) in [5.74, 6) is 1.30. The normalized spacial score (nSPS) is 16.3. The highest BCUT2D eigenvalue weighted by Gasteiger charge is 2.14. The van der Waals surface area contributed by atoms with Crippen molar-refractivity contribution >= 4 is 23.1 Å². The molecule has 0 amide bonds. The average Bonchev–Trinajstić information content (AvgIpc) is 2.67. The lowest BCUT2D eigenvalue weighted by Crippen LogP contribution is -2.22. The molecule has 3 heterocycles. The molecule has 3 rings (SSSR count). The number of ether oxygens (including phenoxy) is 1. The first-order valence-electron chi connectivity index (χ1n) is 8.96. The SMILES string of the molecule is C[C@@H](O)CNc1cc(-c2cncc(NCC3CCOCC3)c2)c(Cl)cn1. The molecule has 1 aliphatic heterocycles. The lowest BCUT2D eigenvalue weighted by atomic mass is 10.0. The van der Waals surface area contributed by atoms with Crippen LogP contribution in [0.3, 0.4) is 0 Å². The lowest BCUT2D eigenvalue weighted by molar-refractivity contribution is 0.0699. The van der Waals surface area contributed by atoms with Crippen LogP contribution in [0, 0.1) is 5.92 Å². The van der Waals surface area contributed by atoms with E-state index < -0.39 is 6.10 Å². The maximum Gasteiger partial charge on any atom is 0.126 e. The smallest absolute Gasteiger partial charge is 0.126 e. The number of aliphatic hydroxyl groups excluding tert-OH is 1. The van der Waals surface area contributed by atoms with Crippen molar-refractivity contribution in [3.8, 4) is 11.1 Å². The van der Waals surface area contributed by atoms with Gasteiger partial charge in [0.2, 0.25) is 0 Å². The Morgan fingerprint density at radius 1 is 1.23 bits per heavy atom. The maximum atomic E-state index is 9.42. The molecular weight excluding hydrogens is 352 g/mol. The van der Waals surface area contributed by atoms with Crippen molar-refractivity contribution in [2.24, 2.45) is 5.92 Å². The molecule has 0 spiro atoms. The monoisotopic (exact) mass is 376 g/mol. The summed E-state index contributed by atoms with van der Waals surface area (Å²) in [6, 6.07) is 3.93. The zero-order valence-corrected chi connectivity index (χ0v) is 15.7. The molecule has 3 N–H and O–H groups in total. The summed E-state index contributed by atoms with van der Waals surface area (Å²) in [5.41, 5.74) is 2.76. The predicted octanol–water partition coefficient (Wildman–Crippen LogP) is 3.43. The van der Waals surface area contributed by atoms with Crippen LogP contribution in [0.2, 0.25) is 5.02 Å². The Morgan fingerprint density at radius 2 is 2.04 bits per heavy atom. The van der Waals surface area contributed by atoms with Crippen LogP contribution in [-0.2, 0) is 4.74 Å². The number of pyridine rings is 2. The summed E-state index contributed by atoms with van der Waals surface area (Å²) < 4.78 is 5.41. The minimum absolute atomic E-state index is 0.430. The van der Waals surface area contributed by atoms with E-state index in [0.717, 1.165) is 49.4 Å². The fraction of sp³-hybridized carbons (Fsp3) is 0.474. The molecule has 1 atom stereocenters. The van der Waals surface area contributed by atoms with Crippen molar-refractivity contribution in [3.63, 3.8) is 0 Å². The van der Waals surface area contributed by atoms with Crippen LogP contribution in [0.15, 0.2) is 30.7 Å². The van der Waals surface area contributed by atoms with Gasteiger partial charge in [-0.1, -0.05) is 11.6 Å². The van der Waals surface area contributed by atoms with Crippen LogP contribution in [0.5, 0.6) is 0 Å². The van der Waals surface area contributed by atoms with Gasteiger partial charge in [0.1, 0.15) is 5.82 Å². The molecule has 1 aliphatic rings. The Hall–Kier alpha value is -1.89. The van der Waals surface area contributed by atoms with E-state index in [2.05, 4.69) is 20.6 Å². The van der Waals surface area contributed by atoms with E-state index in [9.17, 15) is 5.11 Å². The Kier molecular flexibility index (Phi) is 6.66. The van der Waals surface area contributed by atoms with Crippen LogP contribution in [-0.4, -0.2) is 47.5 Å². The predicted molar refractivity (Wildman–Crippen MR) is 105 cm³/mol. The van der Waals surface area contributed by atoms with E-state index in [1.54, 1.807) is 19.3 Å². The van der Waals surface area contributed by atoms with Gasteiger partial charge in [0.25, 0.3) is 0 Å².